The van der Waals surface area contributed by atoms with Gasteiger partial charge in [-0.15, -0.1) is 0 Å². The zero-order chi connectivity index (χ0) is 14.0. The lowest BCUT2D eigenvalue weighted by molar-refractivity contribution is 0.0702. The van der Waals surface area contributed by atoms with Crippen LogP contribution in [0.15, 0.2) is 17.1 Å². The summed E-state index contributed by atoms with van der Waals surface area (Å²) in [5.74, 6) is -0.195. The van der Waals surface area contributed by atoms with Crippen molar-refractivity contribution in [1.29, 1.82) is 0 Å². The largest absolute Gasteiger partial charge is 0.393 e. The molecule has 0 aliphatic carbocycles. The maximum Gasteiger partial charge on any atom is 0.259 e. The molecule has 1 aromatic rings. The Morgan fingerprint density at radius 3 is 2.95 bits per heavy atom. The number of hydrogen-bond acceptors (Lipinski definition) is 3. The third-order valence-corrected chi connectivity index (χ3v) is 3.73. The number of aryl methyl sites for hydroxylation is 1. The second-order valence-electron chi connectivity index (χ2n) is 4.89. The number of pyridine rings is 1. The van der Waals surface area contributed by atoms with E-state index >= 15 is 0 Å². The molecular formula is C13H17N3O2S. The number of likely N-dealkylation sites (tertiary alicyclic amines) is 1. The second kappa shape index (κ2) is 5.52. The molecule has 1 amide bonds. The van der Waals surface area contributed by atoms with E-state index in [1.807, 2.05) is 0 Å². The van der Waals surface area contributed by atoms with Crippen molar-refractivity contribution in [2.45, 2.75) is 19.8 Å². The predicted molar refractivity (Wildman–Crippen MR) is 77.2 cm³/mol. The summed E-state index contributed by atoms with van der Waals surface area (Å²) in [7, 11) is 0. The highest BCUT2D eigenvalue weighted by molar-refractivity contribution is 7.80. The smallest absolute Gasteiger partial charge is 0.259 e. The molecule has 6 heteroatoms. The predicted octanol–water partition coefficient (Wildman–Crippen LogP) is 0.822. The lowest BCUT2D eigenvalue weighted by atomic mass is 9.97. The van der Waals surface area contributed by atoms with Crippen molar-refractivity contribution in [1.82, 2.24) is 9.88 Å². The van der Waals surface area contributed by atoms with Crippen LogP contribution in [0.1, 0.15) is 28.9 Å². The van der Waals surface area contributed by atoms with Gasteiger partial charge in [-0.2, -0.15) is 0 Å². The van der Waals surface area contributed by atoms with Gasteiger partial charge >= 0.3 is 0 Å². The summed E-state index contributed by atoms with van der Waals surface area (Å²) >= 11 is 4.99. The standard InChI is InChI=1S/C13H17N3O2S/c1-8-5-11(17)10(6-15-8)13(18)16-4-2-3-9(7-16)12(14)19/h5-6,9H,2-4,7H2,1H3,(H2,14,19)(H,15,17). The molecule has 1 saturated heterocycles. The minimum absolute atomic E-state index is 0.0530. The van der Waals surface area contributed by atoms with Gasteiger partial charge in [0.2, 0.25) is 0 Å². The number of rotatable bonds is 2. The highest BCUT2D eigenvalue weighted by atomic mass is 32.1. The quantitative estimate of drug-likeness (QED) is 0.786. The van der Waals surface area contributed by atoms with E-state index in [0.717, 1.165) is 18.5 Å². The number of carbonyl (C=O) groups is 1. The molecule has 1 aromatic heterocycles. The van der Waals surface area contributed by atoms with Crippen molar-refractivity contribution in [2.75, 3.05) is 13.1 Å². The minimum atomic E-state index is -0.251. The van der Waals surface area contributed by atoms with E-state index in [4.69, 9.17) is 18.0 Å². The summed E-state index contributed by atoms with van der Waals surface area (Å²) < 4.78 is 0. The third kappa shape index (κ3) is 3.01. The van der Waals surface area contributed by atoms with Crippen molar-refractivity contribution in [3.63, 3.8) is 0 Å². The first kappa shape index (κ1) is 13.7. The number of aromatic amines is 1. The van der Waals surface area contributed by atoms with Crippen LogP contribution in [-0.2, 0) is 0 Å². The topological polar surface area (TPSA) is 79.2 Å². The molecule has 0 spiro atoms. The number of H-pyrrole nitrogens is 1. The first-order chi connectivity index (χ1) is 8.99. The fourth-order valence-corrected chi connectivity index (χ4v) is 2.50. The Balaban J connectivity index is 2.19. The van der Waals surface area contributed by atoms with Crippen molar-refractivity contribution in [2.24, 2.45) is 11.7 Å². The number of nitrogens with zero attached hydrogens (tertiary/aromatic N) is 1. The van der Waals surface area contributed by atoms with Gasteiger partial charge in [0.25, 0.3) is 5.91 Å². The van der Waals surface area contributed by atoms with Crippen LogP contribution in [0.4, 0.5) is 0 Å². The Labute approximate surface area is 116 Å². The van der Waals surface area contributed by atoms with Crippen LogP contribution in [0, 0.1) is 12.8 Å². The molecule has 102 valence electrons. The highest BCUT2D eigenvalue weighted by Crippen LogP contribution is 2.18. The van der Waals surface area contributed by atoms with Gasteiger partial charge < -0.3 is 15.6 Å². The number of aromatic nitrogens is 1. The molecule has 2 heterocycles. The van der Waals surface area contributed by atoms with Gasteiger partial charge in [-0.25, -0.2) is 0 Å². The molecule has 1 atom stereocenters. The van der Waals surface area contributed by atoms with Gasteiger partial charge in [0.05, 0.1) is 4.99 Å². The normalized spacial score (nSPS) is 19.2. The van der Waals surface area contributed by atoms with Crippen LogP contribution in [-0.4, -0.2) is 33.9 Å². The number of nitrogens with two attached hydrogens (primary N) is 1. The van der Waals surface area contributed by atoms with Crippen LogP contribution in [0.3, 0.4) is 0 Å². The molecule has 2 rings (SSSR count). The summed E-state index contributed by atoms with van der Waals surface area (Å²) in [5.41, 5.74) is 6.30. The number of hydrogen-bond donors (Lipinski definition) is 2. The minimum Gasteiger partial charge on any atom is -0.393 e. The van der Waals surface area contributed by atoms with Gasteiger partial charge in [-0.3, -0.25) is 9.59 Å². The van der Waals surface area contributed by atoms with Crippen molar-refractivity contribution >= 4 is 23.1 Å². The number of thiocarbonyl (C=S) groups is 1. The van der Waals surface area contributed by atoms with Crippen LogP contribution in [0.5, 0.6) is 0 Å². The van der Waals surface area contributed by atoms with E-state index in [1.54, 1.807) is 11.8 Å². The molecule has 3 N–H and O–H groups in total. The molecule has 5 nitrogen and oxygen atoms in total. The Morgan fingerprint density at radius 2 is 2.32 bits per heavy atom. The fourth-order valence-electron chi connectivity index (χ4n) is 2.30. The lowest BCUT2D eigenvalue weighted by Gasteiger charge is -2.32. The van der Waals surface area contributed by atoms with Gasteiger partial charge in [-0.05, 0) is 19.8 Å². The monoisotopic (exact) mass is 279 g/mol. The molecule has 19 heavy (non-hydrogen) atoms. The van der Waals surface area contributed by atoms with Crippen molar-refractivity contribution < 1.29 is 4.79 Å². The fraction of sp³-hybridized carbons (Fsp3) is 0.462. The van der Waals surface area contributed by atoms with Gasteiger partial charge in [0.15, 0.2) is 5.43 Å². The molecule has 1 aliphatic heterocycles. The van der Waals surface area contributed by atoms with Crippen LogP contribution in [0.25, 0.3) is 0 Å². The van der Waals surface area contributed by atoms with Crippen molar-refractivity contribution in [3.8, 4) is 0 Å². The Bertz CT molecular complexity index is 567. The van der Waals surface area contributed by atoms with E-state index < -0.39 is 0 Å². The average Bonchev–Trinajstić information content (AvgIpc) is 2.38. The average molecular weight is 279 g/mol. The van der Waals surface area contributed by atoms with E-state index in [0.29, 0.717) is 18.1 Å². The molecule has 0 aromatic carbocycles. The molecule has 0 saturated carbocycles. The molecule has 0 radical (unpaired) electrons. The SMILES string of the molecule is Cc1cc(=O)c(C(=O)N2CCCC(C(N)=S)C2)c[nH]1. The van der Waals surface area contributed by atoms with E-state index in [2.05, 4.69) is 4.98 Å². The van der Waals surface area contributed by atoms with Gasteiger partial charge in [-0.1, -0.05) is 12.2 Å². The summed E-state index contributed by atoms with van der Waals surface area (Å²) in [4.78, 5) is 29.1. The van der Waals surface area contributed by atoms with Gasteiger partial charge in [0, 0.05) is 37.0 Å². The Hall–Kier alpha value is -1.69. The van der Waals surface area contributed by atoms with E-state index in [-0.39, 0.29) is 22.8 Å². The third-order valence-electron chi connectivity index (χ3n) is 3.40. The zero-order valence-electron chi connectivity index (χ0n) is 10.8. The van der Waals surface area contributed by atoms with Crippen molar-refractivity contribution in [3.05, 3.63) is 33.7 Å². The molecule has 1 unspecified atom stereocenters. The number of carbonyl (C=O) groups excluding carboxylic acids is 1. The molecule has 1 fully saturated rings. The first-order valence-electron chi connectivity index (χ1n) is 6.27. The molecule has 1 aliphatic rings. The zero-order valence-corrected chi connectivity index (χ0v) is 11.6. The lowest BCUT2D eigenvalue weighted by Crippen LogP contribution is -2.44. The van der Waals surface area contributed by atoms with Crippen LogP contribution >= 0.6 is 12.2 Å². The summed E-state index contributed by atoms with van der Waals surface area (Å²) in [6, 6.07) is 1.43. The van der Waals surface area contributed by atoms with E-state index in [9.17, 15) is 9.59 Å². The second-order valence-corrected chi connectivity index (χ2v) is 5.36. The number of nitrogens with one attached hydrogen (secondary N) is 1. The highest BCUT2D eigenvalue weighted by Gasteiger charge is 2.27. The summed E-state index contributed by atoms with van der Waals surface area (Å²) in [5, 5.41) is 0. The molecular weight excluding hydrogens is 262 g/mol. The summed E-state index contributed by atoms with van der Waals surface area (Å²) in [6.45, 7) is 2.92. The Kier molecular flexibility index (Phi) is 3.99. The van der Waals surface area contributed by atoms with Gasteiger partial charge in [0.1, 0.15) is 5.56 Å². The van der Waals surface area contributed by atoms with Crippen LogP contribution in [0.2, 0.25) is 0 Å². The van der Waals surface area contributed by atoms with E-state index in [1.165, 1.54) is 12.3 Å². The first-order valence-corrected chi connectivity index (χ1v) is 6.68. The summed E-state index contributed by atoms with van der Waals surface area (Å²) in [6.07, 6.45) is 3.24. The Morgan fingerprint density at radius 1 is 1.58 bits per heavy atom. The maximum absolute atomic E-state index is 12.3. The van der Waals surface area contributed by atoms with Crippen LogP contribution < -0.4 is 11.2 Å². The maximum atomic E-state index is 12.3. The number of piperidine rings is 1. The molecule has 0 bridgehead atoms. The number of amides is 1.